The summed E-state index contributed by atoms with van der Waals surface area (Å²) >= 11 is 1.41. The maximum atomic E-state index is 14.0. The van der Waals surface area contributed by atoms with Crippen LogP contribution in [-0.2, 0) is 6.42 Å². The van der Waals surface area contributed by atoms with E-state index in [1.54, 1.807) is 22.9 Å². The molecule has 0 saturated carbocycles. The number of nitrogens with zero attached hydrogens (tertiary/aromatic N) is 4. The van der Waals surface area contributed by atoms with E-state index in [2.05, 4.69) is 47.7 Å². The van der Waals surface area contributed by atoms with Gasteiger partial charge < -0.3 is 4.57 Å². The van der Waals surface area contributed by atoms with E-state index in [0.717, 1.165) is 57.9 Å². The van der Waals surface area contributed by atoms with E-state index in [1.807, 2.05) is 30.5 Å². The minimum atomic E-state index is -0.324. The molecule has 2 aromatic carbocycles. The molecule has 7 rings (SSSR count). The standard InChI is InChI=1S/C32H25FN4OS/c1-19-16-23(20(2)36(19)25-7-5-15-34-18-25)17-28-31(38)37-30(22-9-12-24(33)13-10-22)27-14-11-21-6-3-4-8-26(21)29(27)35-32(37)39-28/h3-10,12-13,15-18,30H,11,14H2,1-2H3/b28-17-/t30-/m0/s1. The number of thiazole rings is 1. The van der Waals surface area contributed by atoms with Gasteiger partial charge in [-0.2, -0.15) is 0 Å². The van der Waals surface area contributed by atoms with Gasteiger partial charge in [0.2, 0.25) is 0 Å². The maximum Gasteiger partial charge on any atom is 0.271 e. The first-order valence-electron chi connectivity index (χ1n) is 13.0. The molecular weight excluding hydrogens is 507 g/mol. The smallest absolute Gasteiger partial charge is 0.271 e. The van der Waals surface area contributed by atoms with Crippen molar-refractivity contribution in [3.8, 4) is 5.69 Å². The summed E-state index contributed by atoms with van der Waals surface area (Å²) in [5, 5.41) is 0. The van der Waals surface area contributed by atoms with Crippen molar-refractivity contribution in [2.45, 2.75) is 32.7 Å². The number of hydrogen-bond donors (Lipinski definition) is 0. The molecule has 5 aromatic rings. The summed E-state index contributed by atoms with van der Waals surface area (Å²) in [6.45, 7) is 4.11. The van der Waals surface area contributed by atoms with Crippen molar-refractivity contribution in [3.63, 3.8) is 0 Å². The van der Waals surface area contributed by atoms with Crippen molar-refractivity contribution in [2.75, 3.05) is 0 Å². The molecule has 5 nitrogen and oxygen atoms in total. The summed E-state index contributed by atoms with van der Waals surface area (Å²) in [5.74, 6) is -0.293. The van der Waals surface area contributed by atoms with Gasteiger partial charge in [-0.3, -0.25) is 14.3 Å². The molecule has 3 aromatic heterocycles. The first kappa shape index (κ1) is 23.7. The third-order valence-electron chi connectivity index (χ3n) is 7.72. The second-order valence-electron chi connectivity index (χ2n) is 10.0. The number of benzene rings is 2. The van der Waals surface area contributed by atoms with Crippen molar-refractivity contribution in [1.29, 1.82) is 0 Å². The van der Waals surface area contributed by atoms with Crippen molar-refractivity contribution >= 4 is 23.1 Å². The fraction of sp³-hybridized carbons (Fsp3) is 0.156. The lowest BCUT2D eigenvalue weighted by Gasteiger charge is -2.30. The highest BCUT2D eigenvalue weighted by Gasteiger charge is 2.32. The minimum absolute atomic E-state index is 0.0790. The average molecular weight is 533 g/mol. The first-order chi connectivity index (χ1) is 19.0. The lowest BCUT2D eigenvalue weighted by atomic mass is 9.83. The van der Waals surface area contributed by atoms with E-state index in [-0.39, 0.29) is 17.4 Å². The fourth-order valence-electron chi connectivity index (χ4n) is 5.93. The highest BCUT2D eigenvalue weighted by molar-refractivity contribution is 7.07. The van der Waals surface area contributed by atoms with Crippen LogP contribution < -0.4 is 14.9 Å². The molecule has 7 heteroatoms. The summed E-state index contributed by atoms with van der Waals surface area (Å²) in [6.07, 6.45) is 7.25. The molecular formula is C32H25FN4OS. The zero-order valence-electron chi connectivity index (χ0n) is 21.6. The number of aromatic nitrogens is 3. The minimum Gasteiger partial charge on any atom is -0.316 e. The Labute approximate surface area is 228 Å². The van der Waals surface area contributed by atoms with Gasteiger partial charge in [-0.1, -0.05) is 47.7 Å². The van der Waals surface area contributed by atoms with Gasteiger partial charge in [0.25, 0.3) is 5.56 Å². The molecule has 1 aliphatic carbocycles. The van der Waals surface area contributed by atoms with Gasteiger partial charge in [0.15, 0.2) is 4.80 Å². The van der Waals surface area contributed by atoms with E-state index < -0.39 is 0 Å². The quantitative estimate of drug-likeness (QED) is 0.318. The van der Waals surface area contributed by atoms with E-state index in [4.69, 9.17) is 4.99 Å². The van der Waals surface area contributed by atoms with Crippen molar-refractivity contribution in [2.24, 2.45) is 4.99 Å². The first-order valence-corrected chi connectivity index (χ1v) is 13.8. The fourth-order valence-corrected chi connectivity index (χ4v) is 6.92. The molecule has 2 aliphatic rings. The van der Waals surface area contributed by atoms with Crippen molar-refractivity contribution < 1.29 is 4.39 Å². The Morgan fingerprint density at radius 3 is 2.64 bits per heavy atom. The van der Waals surface area contributed by atoms with E-state index in [0.29, 0.717) is 9.33 Å². The SMILES string of the molecule is Cc1cc(/C=c2\sc3n(c2=O)[C@@H](c2ccc(F)cc2)C2=C(N=3)c3ccccc3CC2)c(C)n1-c1cccnc1. The van der Waals surface area contributed by atoms with Gasteiger partial charge in [0, 0.05) is 23.1 Å². The Morgan fingerprint density at radius 1 is 1.03 bits per heavy atom. The number of pyridine rings is 1. The zero-order chi connectivity index (χ0) is 26.7. The van der Waals surface area contributed by atoms with E-state index in [1.165, 1.54) is 29.0 Å². The van der Waals surface area contributed by atoms with Crippen LogP contribution in [0.5, 0.6) is 0 Å². The second-order valence-corrected chi connectivity index (χ2v) is 11.0. The van der Waals surface area contributed by atoms with Crippen LogP contribution in [0.4, 0.5) is 4.39 Å². The second kappa shape index (κ2) is 9.13. The maximum absolute atomic E-state index is 14.0. The summed E-state index contributed by atoms with van der Waals surface area (Å²) < 4.78 is 18.5. The molecule has 0 spiro atoms. The van der Waals surface area contributed by atoms with Gasteiger partial charge in [-0.05, 0) is 85.4 Å². The van der Waals surface area contributed by atoms with Crippen LogP contribution in [0.3, 0.4) is 0 Å². The predicted molar refractivity (Wildman–Crippen MR) is 152 cm³/mol. The molecule has 1 aliphatic heterocycles. The third kappa shape index (κ3) is 3.84. The highest BCUT2D eigenvalue weighted by atomic mass is 32.1. The Morgan fingerprint density at radius 2 is 1.85 bits per heavy atom. The number of fused-ring (bicyclic) bond motifs is 3. The summed E-state index contributed by atoms with van der Waals surface area (Å²) in [6, 6.07) is 20.6. The van der Waals surface area contributed by atoms with Gasteiger partial charge in [0.05, 0.1) is 28.2 Å². The van der Waals surface area contributed by atoms with E-state index in [9.17, 15) is 9.18 Å². The van der Waals surface area contributed by atoms with E-state index >= 15 is 0 Å². The molecule has 39 heavy (non-hydrogen) atoms. The van der Waals surface area contributed by atoms with Crippen LogP contribution in [0.25, 0.3) is 17.5 Å². The van der Waals surface area contributed by atoms with Gasteiger partial charge >= 0.3 is 0 Å². The topological polar surface area (TPSA) is 52.2 Å². The largest absolute Gasteiger partial charge is 0.316 e. The van der Waals surface area contributed by atoms with Crippen LogP contribution in [0, 0.1) is 19.7 Å². The lowest BCUT2D eigenvalue weighted by Crippen LogP contribution is -2.38. The number of allylic oxidation sites excluding steroid dienone is 1. The zero-order valence-corrected chi connectivity index (χ0v) is 22.4. The Balaban J connectivity index is 1.45. The van der Waals surface area contributed by atoms with Crippen LogP contribution in [0.1, 0.15) is 46.1 Å². The Bertz CT molecular complexity index is 1960. The van der Waals surface area contributed by atoms with Gasteiger partial charge in [-0.15, -0.1) is 0 Å². The summed E-state index contributed by atoms with van der Waals surface area (Å²) in [5.41, 5.74) is 9.30. The summed E-state index contributed by atoms with van der Waals surface area (Å²) in [4.78, 5) is 24.0. The molecule has 0 bridgehead atoms. The number of aryl methyl sites for hydroxylation is 2. The molecule has 0 N–H and O–H groups in total. The summed E-state index contributed by atoms with van der Waals surface area (Å²) in [7, 11) is 0. The van der Waals surface area contributed by atoms with Crippen LogP contribution >= 0.6 is 11.3 Å². The number of halogens is 1. The third-order valence-corrected chi connectivity index (χ3v) is 8.70. The van der Waals surface area contributed by atoms with Crippen molar-refractivity contribution in [3.05, 3.63) is 144 Å². The number of hydrogen-bond acceptors (Lipinski definition) is 4. The predicted octanol–water partition coefficient (Wildman–Crippen LogP) is 5.26. The lowest BCUT2D eigenvalue weighted by molar-refractivity contribution is 0.581. The normalized spacial score (nSPS) is 16.5. The highest BCUT2D eigenvalue weighted by Crippen LogP contribution is 2.41. The number of rotatable bonds is 3. The Kier molecular flexibility index (Phi) is 5.56. The van der Waals surface area contributed by atoms with Crippen LogP contribution in [0.2, 0.25) is 0 Å². The van der Waals surface area contributed by atoms with Crippen LogP contribution in [0.15, 0.2) is 94.5 Å². The molecule has 4 heterocycles. The van der Waals surface area contributed by atoms with Crippen molar-refractivity contribution in [1.82, 2.24) is 14.1 Å². The van der Waals surface area contributed by atoms with Crippen LogP contribution in [-0.4, -0.2) is 14.1 Å². The van der Waals surface area contributed by atoms with Gasteiger partial charge in [0.1, 0.15) is 5.82 Å². The Hall–Kier alpha value is -4.36. The molecule has 0 amide bonds. The van der Waals surface area contributed by atoms with Gasteiger partial charge in [-0.25, -0.2) is 9.38 Å². The molecule has 1 atom stereocenters. The average Bonchev–Trinajstić information content (AvgIpc) is 3.42. The molecule has 0 radical (unpaired) electrons. The molecule has 0 saturated heterocycles. The monoisotopic (exact) mass is 532 g/mol. The molecule has 192 valence electrons. The molecule has 0 fully saturated rings. The molecule has 0 unspecified atom stereocenters.